The molecular weight excluding hydrogens is 338 g/mol. The van der Waals surface area contributed by atoms with Crippen molar-refractivity contribution < 1.29 is 19.1 Å². The average molecular weight is 356 g/mol. The molecule has 0 aliphatic heterocycles. The summed E-state index contributed by atoms with van der Waals surface area (Å²) in [4.78, 5) is 23.6. The lowest BCUT2D eigenvalue weighted by Crippen LogP contribution is -2.56. The Labute approximate surface area is 131 Å². The normalized spacial score (nSPS) is 25.9. The quantitative estimate of drug-likeness (QED) is 0.812. The third kappa shape index (κ3) is 3.97. The molecule has 0 aromatic carbocycles. The van der Waals surface area contributed by atoms with Crippen molar-refractivity contribution in [3.63, 3.8) is 0 Å². The van der Waals surface area contributed by atoms with E-state index in [0.717, 1.165) is 12.8 Å². The van der Waals surface area contributed by atoms with Gasteiger partial charge in [-0.05, 0) is 52.9 Å². The highest BCUT2D eigenvalue weighted by molar-refractivity contribution is 9.10. The fourth-order valence-corrected chi connectivity index (χ4v) is 3.08. The number of carboxylic acids is 1. The minimum absolute atomic E-state index is 0.292. The molecule has 5 nitrogen and oxygen atoms in total. The third-order valence-corrected chi connectivity index (χ3v) is 4.19. The zero-order valence-electron chi connectivity index (χ0n) is 11.8. The van der Waals surface area contributed by atoms with Crippen molar-refractivity contribution in [2.75, 3.05) is 0 Å². The molecule has 21 heavy (non-hydrogen) atoms. The molecule has 2 rings (SSSR count). The molecule has 2 atom stereocenters. The van der Waals surface area contributed by atoms with E-state index in [4.69, 9.17) is 4.42 Å². The third-order valence-electron chi connectivity index (χ3n) is 3.76. The molecule has 1 fully saturated rings. The number of hydrogen-bond donors (Lipinski definition) is 2. The molecule has 0 radical (unpaired) electrons. The number of amides is 1. The van der Waals surface area contributed by atoms with Gasteiger partial charge in [-0.2, -0.15) is 0 Å². The summed E-state index contributed by atoms with van der Waals surface area (Å²) in [6.07, 6.45) is 5.56. The van der Waals surface area contributed by atoms with E-state index in [0.29, 0.717) is 29.2 Å². The summed E-state index contributed by atoms with van der Waals surface area (Å²) >= 11 is 3.17. The maximum atomic E-state index is 12.0. The molecule has 1 saturated carbocycles. The molecule has 114 valence electrons. The molecule has 1 aromatic rings. The highest BCUT2D eigenvalue weighted by atomic mass is 79.9. The number of nitrogens with one attached hydrogen (secondary N) is 1. The second kappa shape index (κ2) is 6.47. The van der Waals surface area contributed by atoms with Gasteiger partial charge in [0.1, 0.15) is 11.3 Å². The zero-order valence-corrected chi connectivity index (χ0v) is 13.4. The number of aliphatic carboxylic acids is 1. The first kappa shape index (κ1) is 15.8. The molecule has 0 bridgehead atoms. The van der Waals surface area contributed by atoms with E-state index in [9.17, 15) is 14.7 Å². The van der Waals surface area contributed by atoms with Crippen LogP contribution < -0.4 is 5.32 Å². The highest BCUT2D eigenvalue weighted by Gasteiger charge is 2.42. The second-order valence-corrected chi connectivity index (χ2v) is 6.33. The fraction of sp³-hybridized carbons (Fsp3) is 0.467. The number of furan rings is 1. The summed E-state index contributed by atoms with van der Waals surface area (Å²) in [5.74, 6) is -0.561. The van der Waals surface area contributed by atoms with Crippen molar-refractivity contribution in [2.45, 2.75) is 38.1 Å². The molecule has 1 aliphatic carbocycles. The zero-order chi connectivity index (χ0) is 15.5. The molecule has 1 aromatic heterocycles. The first-order valence-corrected chi connectivity index (χ1v) is 7.69. The highest BCUT2D eigenvalue weighted by Crippen LogP contribution is 2.32. The number of carbonyl (C=O) groups is 2. The summed E-state index contributed by atoms with van der Waals surface area (Å²) in [7, 11) is 0. The number of rotatable bonds is 4. The maximum absolute atomic E-state index is 12.0. The van der Waals surface area contributed by atoms with Crippen LogP contribution in [0, 0.1) is 5.92 Å². The topological polar surface area (TPSA) is 79.5 Å². The van der Waals surface area contributed by atoms with E-state index in [1.165, 1.54) is 12.2 Å². The van der Waals surface area contributed by atoms with Gasteiger partial charge in [0.25, 0.3) is 0 Å². The van der Waals surface area contributed by atoms with E-state index in [2.05, 4.69) is 21.2 Å². The van der Waals surface area contributed by atoms with Gasteiger partial charge in [-0.3, -0.25) is 4.79 Å². The van der Waals surface area contributed by atoms with Gasteiger partial charge in [-0.1, -0.05) is 19.8 Å². The summed E-state index contributed by atoms with van der Waals surface area (Å²) < 4.78 is 5.82. The van der Waals surface area contributed by atoms with Gasteiger partial charge in [0, 0.05) is 6.08 Å². The van der Waals surface area contributed by atoms with E-state index < -0.39 is 17.4 Å². The van der Waals surface area contributed by atoms with E-state index in [1.807, 2.05) is 6.92 Å². The molecule has 2 unspecified atom stereocenters. The number of carbonyl (C=O) groups excluding carboxylic acids is 1. The van der Waals surface area contributed by atoms with Crippen LogP contribution in [0.1, 0.15) is 38.4 Å². The standard InChI is InChI=1S/C15H18BrNO4/c1-10-3-2-8-15(9-10,14(19)20)17-13(18)7-5-11-4-6-12(16)21-11/h4-7,10H,2-3,8-9H2,1H3,(H,17,18)(H,19,20). The largest absolute Gasteiger partial charge is 0.480 e. The van der Waals surface area contributed by atoms with Gasteiger partial charge in [0.15, 0.2) is 4.67 Å². The summed E-state index contributed by atoms with van der Waals surface area (Å²) in [5, 5.41) is 12.1. The Morgan fingerprint density at radius 3 is 2.86 bits per heavy atom. The molecule has 1 heterocycles. The van der Waals surface area contributed by atoms with Crippen molar-refractivity contribution in [1.82, 2.24) is 5.32 Å². The number of hydrogen-bond acceptors (Lipinski definition) is 3. The summed E-state index contributed by atoms with van der Waals surface area (Å²) in [6.45, 7) is 2.01. The van der Waals surface area contributed by atoms with Crippen molar-refractivity contribution in [3.8, 4) is 0 Å². The van der Waals surface area contributed by atoms with Crippen molar-refractivity contribution >= 4 is 33.9 Å². The van der Waals surface area contributed by atoms with Crippen LogP contribution in [-0.2, 0) is 9.59 Å². The van der Waals surface area contributed by atoms with Crippen LogP contribution >= 0.6 is 15.9 Å². The Kier molecular flexibility index (Phi) is 4.88. The van der Waals surface area contributed by atoms with E-state index in [1.54, 1.807) is 12.1 Å². The molecule has 1 aliphatic rings. The predicted octanol–water partition coefficient (Wildman–Crippen LogP) is 3.21. The Morgan fingerprint density at radius 1 is 1.52 bits per heavy atom. The van der Waals surface area contributed by atoms with Gasteiger partial charge in [-0.25, -0.2) is 4.79 Å². The molecular formula is C15H18BrNO4. The van der Waals surface area contributed by atoms with Gasteiger partial charge < -0.3 is 14.8 Å². The van der Waals surface area contributed by atoms with Crippen LogP contribution in [0.5, 0.6) is 0 Å². The van der Waals surface area contributed by atoms with Gasteiger partial charge in [0.2, 0.25) is 5.91 Å². The van der Waals surface area contributed by atoms with Crippen LogP contribution in [0.15, 0.2) is 27.3 Å². The first-order valence-electron chi connectivity index (χ1n) is 6.90. The van der Waals surface area contributed by atoms with Crippen LogP contribution in [0.3, 0.4) is 0 Å². The van der Waals surface area contributed by atoms with Crippen LogP contribution in [0.2, 0.25) is 0 Å². The van der Waals surface area contributed by atoms with Crippen LogP contribution in [0.4, 0.5) is 0 Å². The molecule has 6 heteroatoms. The fourth-order valence-electron chi connectivity index (χ4n) is 2.77. The van der Waals surface area contributed by atoms with E-state index >= 15 is 0 Å². The van der Waals surface area contributed by atoms with Crippen molar-refractivity contribution in [2.24, 2.45) is 5.92 Å². The minimum Gasteiger partial charge on any atom is -0.480 e. The summed E-state index contributed by atoms with van der Waals surface area (Å²) in [6, 6.07) is 3.43. The molecule has 0 saturated heterocycles. The Hall–Kier alpha value is -1.56. The molecule has 0 spiro atoms. The Morgan fingerprint density at radius 2 is 2.29 bits per heavy atom. The number of halogens is 1. The lowest BCUT2D eigenvalue weighted by atomic mass is 9.76. The molecule has 2 N–H and O–H groups in total. The predicted molar refractivity (Wildman–Crippen MR) is 81.6 cm³/mol. The van der Waals surface area contributed by atoms with Gasteiger partial charge in [0.05, 0.1) is 0 Å². The SMILES string of the molecule is CC1CCCC(NC(=O)C=Cc2ccc(Br)o2)(C(=O)O)C1. The lowest BCUT2D eigenvalue weighted by molar-refractivity contribution is -0.149. The van der Waals surface area contributed by atoms with Crippen molar-refractivity contribution in [1.29, 1.82) is 0 Å². The van der Waals surface area contributed by atoms with Gasteiger partial charge in [-0.15, -0.1) is 0 Å². The average Bonchev–Trinajstić information content (AvgIpc) is 2.82. The van der Waals surface area contributed by atoms with E-state index in [-0.39, 0.29) is 0 Å². The Balaban J connectivity index is 2.05. The van der Waals surface area contributed by atoms with Crippen LogP contribution in [0.25, 0.3) is 6.08 Å². The number of carboxylic acid groups (broad SMARTS) is 1. The minimum atomic E-state index is -1.15. The van der Waals surface area contributed by atoms with Crippen LogP contribution in [-0.4, -0.2) is 22.5 Å². The molecule has 1 amide bonds. The first-order chi connectivity index (χ1) is 9.91. The van der Waals surface area contributed by atoms with Crippen molar-refractivity contribution in [3.05, 3.63) is 28.6 Å². The monoisotopic (exact) mass is 355 g/mol. The lowest BCUT2D eigenvalue weighted by Gasteiger charge is -2.36. The second-order valence-electron chi connectivity index (χ2n) is 5.55. The summed E-state index contributed by atoms with van der Waals surface area (Å²) in [5.41, 5.74) is -1.15. The van der Waals surface area contributed by atoms with Gasteiger partial charge >= 0.3 is 5.97 Å². The smallest absolute Gasteiger partial charge is 0.329 e. The maximum Gasteiger partial charge on any atom is 0.329 e. The Bertz CT molecular complexity index is 566.